The van der Waals surface area contributed by atoms with Crippen molar-refractivity contribution in [3.63, 3.8) is 0 Å². The van der Waals surface area contributed by atoms with E-state index in [0.717, 1.165) is 65.4 Å². The zero-order valence-corrected chi connectivity index (χ0v) is 19.9. The molecule has 4 heteroatoms. The van der Waals surface area contributed by atoms with Crippen molar-refractivity contribution >= 4 is 11.1 Å². The summed E-state index contributed by atoms with van der Waals surface area (Å²) in [5.74, 6) is -0.660. The lowest BCUT2D eigenvalue weighted by Crippen LogP contribution is -2.11. The lowest BCUT2D eigenvalue weighted by Gasteiger charge is -2.12. The smallest absolute Gasteiger partial charge is 0.123 e. The van der Waals surface area contributed by atoms with E-state index in [1.807, 2.05) is 30.3 Å². The van der Waals surface area contributed by atoms with Gasteiger partial charge >= 0.3 is 0 Å². The molecule has 0 bridgehead atoms. The van der Waals surface area contributed by atoms with Crippen molar-refractivity contribution in [3.8, 4) is 23.3 Å². The van der Waals surface area contributed by atoms with Gasteiger partial charge < -0.3 is 0 Å². The molecule has 0 saturated heterocycles. The lowest BCUT2D eigenvalue weighted by atomic mass is 9.90. The molecule has 176 valence electrons. The van der Waals surface area contributed by atoms with Crippen LogP contribution in [-0.2, 0) is 0 Å². The fourth-order valence-corrected chi connectivity index (χ4v) is 5.79. The third kappa shape index (κ3) is 3.08. The first kappa shape index (κ1) is 21.9. The fourth-order valence-electron chi connectivity index (χ4n) is 5.79. The minimum absolute atomic E-state index is 0.327. The standard InChI is InChI=1S/C34H16F2N2/c35-23-9-11-25-26-13-14-28-31(21-5-1-19(17-37)2-6-21)30-16-24(36)10-12-27(30)33(28)34(26)32(29(25)15-23)22-7-3-20(18-38)4-8-22/h1-16H. The first-order valence-corrected chi connectivity index (χ1v) is 12.1. The normalized spacial score (nSPS) is 12.3. The van der Waals surface area contributed by atoms with Crippen LogP contribution in [0.25, 0.3) is 22.3 Å². The van der Waals surface area contributed by atoms with Crippen LogP contribution in [0.5, 0.6) is 0 Å². The predicted octanol–water partition coefficient (Wildman–Crippen LogP) is 5.78. The van der Waals surface area contributed by atoms with Crippen molar-refractivity contribution in [2.45, 2.75) is 0 Å². The molecule has 0 heterocycles. The van der Waals surface area contributed by atoms with Crippen LogP contribution in [-0.4, -0.2) is 0 Å². The maximum Gasteiger partial charge on any atom is 0.123 e. The Labute approximate surface area is 216 Å². The van der Waals surface area contributed by atoms with Crippen molar-refractivity contribution in [2.75, 3.05) is 0 Å². The summed E-state index contributed by atoms with van der Waals surface area (Å²) in [5.41, 5.74) is 8.23. The number of fused-ring (bicyclic) bond motifs is 6. The van der Waals surface area contributed by atoms with Crippen LogP contribution in [0.2, 0.25) is 0 Å². The molecule has 0 spiro atoms. The molecule has 0 radical (unpaired) electrons. The van der Waals surface area contributed by atoms with Gasteiger partial charge in [0.1, 0.15) is 11.6 Å². The van der Waals surface area contributed by atoms with Crippen LogP contribution in [0, 0.1) is 44.7 Å². The minimum atomic E-state index is -0.332. The number of benzene rings is 5. The van der Waals surface area contributed by atoms with Crippen molar-refractivity contribution in [1.29, 1.82) is 10.5 Å². The molecule has 0 atom stereocenters. The summed E-state index contributed by atoms with van der Waals surface area (Å²) in [6.45, 7) is 0. The Balaban J connectivity index is 1.64. The Morgan fingerprint density at radius 2 is 1.00 bits per heavy atom. The van der Waals surface area contributed by atoms with E-state index >= 15 is 0 Å². The highest BCUT2D eigenvalue weighted by Crippen LogP contribution is 2.41. The van der Waals surface area contributed by atoms with Gasteiger partial charge in [0.2, 0.25) is 0 Å². The van der Waals surface area contributed by atoms with Gasteiger partial charge in [-0.25, -0.2) is 8.78 Å². The highest BCUT2D eigenvalue weighted by molar-refractivity contribution is 6.01. The third-order valence-electron chi connectivity index (χ3n) is 7.39. The first-order valence-electron chi connectivity index (χ1n) is 12.1. The van der Waals surface area contributed by atoms with Crippen LogP contribution in [0.1, 0.15) is 33.4 Å². The summed E-state index contributed by atoms with van der Waals surface area (Å²) in [6, 6.07) is 32.7. The molecule has 0 unspecified atom stereocenters. The van der Waals surface area contributed by atoms with Crippen LogP contribution < -0.4 is 10.4 Å². The van der Waals surface area contributed by atoms with E-state index in [9.17, 15) is 19.3 Å². The van der Waals surface area contributed by atoms with E-state index in [1.54, 1.807) is 48.5 Å². The van der Waals surface area contributed by atoms with E-state index in [2.05, 4.69) is 18.2 Å². The average Bonchev–Trinajstić information content (AvgIpc) is 3.44. The SMILES string of the molecule is N#Cc1ccc(C2=c3ccc4c(c3-c3ccc(F)cc32)C(c2ccc(C#N)cc2)=c2cc(F)ccc2=4)cc1. The molecular formula is C34H16F2N2. The van der Waals surface area contributed by atoms with E-state index in [4.69, 9.17) is 0 Å². The molecule has 0 aromatic heterocycles. The zero-order chi connectivity index (χ0) is 26.0. The van der Waals surface area contributed by atoms with Crippen LogP contribution in [0.4, 0.5) is 8.78 Å². The molecule has 0 aliphatic heterocycles. The first-order chi connectivity index (χ1) is 18.6. The predicted molar refractivity (Wildman–Crippen MR) is 141 cm³/mol. The van der Waals surface area contributed by atoms with E-state index in [1.165, 1.54) is 12.1 Å². The molecule has 38 heavy (non-hydrogen) atoms. The Bertz CT molecular complexity index is 2150. The highest BCUT2D eigenvalue weighted by Gasteiger charge is 2.28. The maximum absolute atomic E-state index is 14.6. The van der Waals surface area contributed by atoms with Crippen molar-refractivity contribution < 1.29 is 8.78 Å². The second-order valence-corrected chi connectivity index (χ2v) is 9.42. The second-order valence-electron chi connectivity index (χ2n) is 9.42. The van der Waals surface area contributed by atoms with Gasteiger partial charge in [0, 0.05) is 0 Å². The number of rotatable bonds is 2. The number of nitriles is 2. The van der Waals surface area contributed by atoms with E-state index < -0.39 is 0 Å². The topological polar surface area (TPSA) is 47.6 Å². The van der Waals surface area contributed by atoms with Gasteiger partial charge in [0.25, 0.3) is 0 Å². The fraction of sp³-hybridized carbons (Fsp3) is 0. The Morgan fingerprint density at radius 3 is 1.66 bits per heavy atom. The van der Waals surface area contributed by atoms with Gasteiger partial charge in [-0.15, -0.1) is 0 Å². The molecule has 7 rings (SSSR count). The van der Waals surface area contributed by atoms with Crippen LogP contribution in [0.3, 0.4) is 0 Å². The Hall–Kier alpha value is -5.32. The van der Waals surface area contributed by atoms with Crippen LogP contribution >= 0.6 is 0 Å². The molecule has 5 aromatic carbocycles. The van der Waals surface area contributed by atoms with Gasteiger partial charge in [-0.1, -0.05) is 48.5 Å². The quantitative estimate of drug-likeness (QED) is 0.308. The Kier molecular flexibility index (Phi) is 4.67. The van der Waals surface area contributed by atoms with Gasteiger partial charge in [0.05, 0.1) is 23.3 Å². The molecule has 2 nitrogen and oxygen atoms in total. The van der Waals surface area contributed by atoms with Crippen molar-refractivity contribution in [1.82, 2.24) is 0 Å². The summed E-state index contributed by atoms with van der Waals surface area (Å²) >= 11 is 0. The summed E-state index contributed by atoms with van der Waals surface area (Å²) in [6.07, 6.45) is 0. The molecule has 0 saturated carbocycles. The summed E-state index contributed by atoms with van der Waals surface area (Å²) in [4.78, 5) is 0. The summed E-state index contributed by atoms with van der Waals surface area (Å²) in [7, 11) is 0. The van der Waals surface area contributed by atoms with E-state index in [-0.39, 0.29) is 11.6 Å². The molecule has 0 amide bonds. The largest absolute Gasteiger partial charge is 0.207 e. The number of hydrogen-bond acceptors (Lipinski definition) is 2. The Morgan fingerprint density at radius 1 is 0.447 bits per heavy atom. The van der Waals surface area contributed by atoms with Crippen molar-refractivity contribution in [2.24, 2.45) is 0 Å². The zero-order valence-electron chi connectivity index (χ0n) is 19.9. The highest BCUT2D eigenvalue weighted by atomic mass is 19.1. The molecule has 2 aliphatic rings. The van der Waals surface area contributed by atoms with Crippen molar-refractivity contribution in [3.05, 3.63) is 163 Å². The van der Waals surface area contributed by atoms with Gasteiger partial charge in [0.15, 0.2) is 0 Å². The number of nitrogens with zero attached hydrogens (tertiary/aromatic N) is 2. The third-order valence-corrected chi connectivity index (χ3v) is 7.39. The molecule has 0 fully saturated rings. The lowest BCUT2D eigenvalue weighted by molar-refractivity contribution is 0.626. The number of halogens is 2. The van der Waals surface area contributed by atoms with Gasteiger partial charge in [-0.3, -0.25) is 0 Å². The van der Waals surface area contributed by atoms with E-state index in [0.29, 0.717) is 11.1 Å². The second kappa shape index (κ2) is 8.10. The minimum Gasteiger partial charge on any atom is -0.207 e. The molecular weight excluding hydrogens is 474 g/mol. The molecule has 5 aromatic rings. The maximum atomic E-state index is 14.6. The summed E-state index contributed by atoms with van der Waals surface area (Å²) < 4.78 is 29.2. The average molecular weight is 491 g/mol. The van der Waals surface area contributed by atoms with Crippen LogP contribution in [0.15, 0.2) is 97.1 Å². The monoisotopic (exact) mass is 490 g/mol. The molecule has 2 aliphatic carbocycles. The summed E-state index contributed by atoms with van der Waals surface area (Å²) in [5, 5.41) is 22.2. The number of hydrogen-bond donors (Lipinski definition) is 0. The van der Waals surface area contributed by atoms with Gasteiger partial charge in [-0.2, -0.15) is 10.5 Å². The van der Waals surface area contributed by atoms with Gasteiger partial charge in [-0.05, 0) is 114 Å². The molecule has 0 N–H and O–H groups in total.